The topological polar surface area (TPSA) is 30.2 Å². The zero-order valence-electron chi connectivity index (χ0n) is 10.9. The molecule has 0 spiro atoms. The summed E-state index contributed by atoms with van der Waals surface area (Å²) in [4.78, 5) is 12.3. The fourth-order valence-corrected chi connectivity index (χ4v) is 3.77. The summed E-state index contributed by atoms with van der Waals surface area (Å²) in [6.07, 6.45) is 0. The third-order valence-electron chi connectivity index (χ3n) is 3.43. The van der Waals surface area contributed by atoms with Crippen LogP contribution in [0.2, 0.25) is 0 Å². The van der Waals surface area contributed by atoms with Gasteiger partial charge < -0.3 is 4.42 Å². The molecule has 4 heteroatoms. The van der Waals surface area contributed by atoms with Crippen molar-refractivity contribution in [3.63, 3.8) is 0 Å². The van der Waals surface area contributed by atoms with Crippen molar-refractivity contribution in [2.75, 3.05) is 0 Å². The van der Waals surface area contributed by atoms with Crippen molar-refractivity contribution < 1.29 is 4.42 Å². The molecule has 4 rings (SSSR count). The number of benzene rings is 1. The Kier molecular flexibility index (Phi) is 2.98. The number of hydrogen-bond acceptors (Lipinski definition) is 4. The molecule has 3 heterocycles. The normalized spacial score (nSPS) is 11.0. The zero-order chi connectivity index (χ0) is 14.2. The monoisotopic (exact) mass is 310 g/mol. The van der Waals surface area contributed by atoms with Gasteiger partial charge in [-0.15, -0.1) is 0 Å². The second-order valence-corrected chi connectivity index (χ2v) is 6.22. The van der Waals surface area contributed by atoms with Gasteiger partial charge in [0, 0.05) is 21.9 Å². The maximum atomic E-state index is 12.3. The summed E-state index contributed by atoms with van der Waals surface area (Å²) in [5.41, 5.74) is 2.74. The summed E-state index contributed by atoms with van der Waals surface area (Å²) < 4.78 is 5.65. The molecule has 0 atom stereocenters. The first-order valence-electron chi connectivity index (χ1n) is 6.45. The third kappa shape index (κ3) is 2.04. The molecule has 0 radical (unpaired) electrons. The lowest BCUT2D eigenvalue weighted by Crippen LogP contribution is -2.02. The number of hydrogen-bond donors (Lipinski definition) is 0. The summed E-state index contributed by atoms with van der Waals surface area (Å²) in [6.45, 7) is 0. The second kappa shape index (κ2) is 4.98. The van der Waals surface area contributed by atoms with Crippen molar-refractivity contribution in [1.29, 1.82) is 0 Å². The molecule has 0 unspecified atom stereocenters. The summed E-state index contributed by atoms with van der Waals surface area (Å²) in [6, 6.07) is 11.6. The third-order valence-corrected chi connectivity index (χ3v) is 4.80. The largest absolute Gasteiger partial charge is 0.422 e. The van der Waals surface area contributed by atoms with Crippen molar-refractivity contribution in [1.82, 2.24) is 0 Å². The van der Waals surface area contributed by atoms with Crippen molar-refractivity contribution >= 4 is 33.4 Å². The summed E-state index contributed by atoms with van der Waals surface area (Å²) in [7, 11) is 0. The molecule has 0 saturated heterocycles. The van der Waals surface area contributed by atoms with Crippen LogP contribution in [0, 0.1) is 0 Å². The quantitative estimate of drug-likeness (QED) is 0.506. The minimum absolute atomic E-state index is 0.286. The summed E-state index contributed by atoms with van der Waals surface area (Å²) >= 11 is 3.23. The average molecular weight is 310 g/mol. The number of rotatable bonds is 2. The Morgan fingerprint density at radius 1 is 0.810 bits per heavy atom. The molecule has 21 heavy (non-hydrogen) atoms. The van der Waals surface area contributed by atoms with E-state index in [1.165, 1.54) is 0 Å². The highest BCUT2D eigenvalue weighted by molar-refractivity contribution is 7.08. The van der Waals surface area contributed by atoms with Crippen molar-refractivity contribution in [2.45, 2.75) is 0 Å². The van der Waals surface area contributed by atoms with Crippen LogP contribution >= 0.6 is 22.7 Å². The maximum Gasteiger partial charge on any atom is 0.344 e. The van der Waals surface area contributed by atoms with Crippen LogP contribution in [0.3, 0.4) is 0 Å². The van der Waals surface area contributed by atoms with Crippen molar-refractivity contribution in [3.05, 3.63) is 68.3 Å². The van der Waals surface area contributed by atoms with E-state index in [-0.39, 0.29) is 5.63 Å². The second-order valence-electron chi connectivity index (χ2n) is 4.66. The van der Waals surface area contributed by atoms with E-state index in [2.05, 4.69) is 11.4 Å². The Balaban J connectivity index is 2.19. The van der Waals surface area contributed by atoms with Crippen LogP contribution in [0.25, 0.3) is 33.2 Å². The first-order valence-corrected chi connectivity index (χ1v) is 8.34. The standard InChI is InChI=1S/C17H10O2S2/c18-17-14-4-2-1-3-13(14)15(11-5-7-20-9-11)16(19-17)12-6-8-21-10-12/h1-10H. The minimum atomic E-state index is -0.286. The fourth-order valence-electron chi connectivity index (χ4n) is 2.49. The predicted octanol–water partition coefficient (Wildman–Crippen LogP) is 5.25. The van der Waals surface area contributed by atoms with Crippen LogP contribution in [0.5, 0.6) is 0 Å². The van der Waals surface area contributed by atoms with Gasteiger partial charge in [-0.05, 0) is 39.9 Å². The van der Waals surface area contributed by atoms with Crippen LogP contribution in [0.4, 0.5) is 0 Å². The highest BCUT2D eigenvalue weighted by Crippen LogP contribution is 2.38. The molecular weight excluding hydrogens is 300 g/mol. The SMILES string of the molecule is O=c1oc(-c2ccsc2)c(-c2ccsc2)c2ccccc12. The Morgan fingerprint density at radius 2 is 1.48 bits per heavy atom. The van der Waals surface area contributed by atoms with Gasteiger partial charge in [-0.1, -0.05) is 18.2 Å². The minimum Gasteiger partial charge on any atom is -0.422 e. The van der Waals surface area contributed by atoms with Gasteiger partial charge in [0.05, 0.1) is 5.39 Å². The molecule has 3 aromatic heterocycles. The molecule has 0 fully saturated rings. The van der Waals surface area contributed by atoms with Crippen LogP contribution < -0.4 is 5.63 Å². The van der Waals surface area contributed by atoms with E-state index in [0.717, 1.165) is 22.1 Å². The van der Waals surface area contributed by atoms with Crippen LogP contribution in [0.15, 0.2) is 67.1 Å². The Bertz CT molecular complexity index is 948. The molecule has 0 amide bonds. The number of fused-ring (bicyclic) bond motifs is 1. The average Bonchev–Trinajstić information content (AvgIpc) is 3.21. The molecule has 0 aliphatic heterocycles. The fraction of sp³-hybridized carbons (Fsp3) is 0. The smallest absolute Gasteiger partial charge is 0.344 e. The number of thiophene rings is 2. The van der Waals surface area contributed by atoms with Gasteiger partial charge in [0.15, 0.2) is 0 Å². The molecular formula is C17H10O2S2. The van der Waals surface area contributed by atoms with Gasteiger partial charge >= 0.3 is 5.63 Å². The van der Waals surface area contributed by atoms with Gasteiger partial charge in [0.25, 0.3) is 0 Å². The molecule has 4 aromatic rings. The predicted molar refractivity (Wildman–Crippen MR) is 89.1 cm³/mol. The highest BCUT2D eigenvalue weighted by atomic mass is 32.1. The van der Waals surface area contributed by atoms with Crippen molar-refractivity contribution in [3.8, 4) is 22.5 Å². The lowest BCUT2D eigenvalue weighted by atomic mass is 9.98. The van der Waals surface area contributed by atoms with Crippen molar-refractivity contribution in [2.24, 2.45) is 0 Å². The summed E-state index contributed by atoms with van der Waals surface area (Å²) in [5, 5.41) is 9.67. The molecule has 0 saturated carbocycles. The van der Waals surface area contributed by atoms with Gasteiger partial charge in [-0.2, -0.15) is 22.7 Å². The molecule has 0 aliphatic rings. The lowest BCUT2D eigenvalue weighted by Gasteiger charge is -2.09. The van der Waals surface area contributed by atoms with E-state index in [4.69, 9.17) is 4.42 Å². The molecule has 0 bridgehead atoms. The van der Waals surface area contributed by atoms with Gasteiger partial charge in [-0.25, -0.2) is 4.79 Å². The van der Waals surface area contributed by atoms with E-state index in [1.807, 2.05) is 46.5 Å². The molecule has 102 valence electrons. The Labute approximate surface area is 128 Å². The first-order chi connectivity index (χ1) is 10.3. The first kappa shape index (κ1) is 12.6. The molecule has 0 aliphatic carbocycles. The van der Waals surface area contributed by atoms with Crippen LogP contribution in [-0.4, -0.2) is 0 Å². The van der Waals surface area contributed by atoms with Crippen LogP contribution in [-0.2, 0) is 0 Å². The van der Waals surface area contributed by atoms with E-state index in [9.17, 15) is 4.79 Å². The Morgan fingerprint density at radius 3 is 2.14 bits per heavy atom. The molecule has 2 nitrogen and oxygen atoms in total. The van der Waals surface area contributed by atoms with E-state index in [0.29, 0.717) is 11.1 Å². The zero-order valence-corrected chi connectivity index (χ0v) is 12.5. The Hall–Kier alpha value is -2.17. The van der Waals surface area contributed by atoms with E-state index in [1.54, 1.807) is 22.7 Å². The van der Waals surface area contributed by atoms with E-state index < -0.39 is 0 Å². The molecule has 1 aromatic carbocycles. The van der Waals surface area contributed by atoms with E-state index >= 15 is 0 Å². The lowest BCUT2D eigenvalue weighted by molar-refractivity contribution is 0.536. The van der Waals surface area contributed by atoms with Gasteiger partial charge in [-0.3, -0.25) is 0 Å². The van der Waals surface area contributed by atoms with Crippen LogP contribution in [0.1, 0.15) is 0 Å². The summed E-state index contributed by atoms with van der Waals surface area (Å²) in [5.74, 6) is 0.651. The molecule has 0 N–H and O–H groups in total. The van der Waals surface area contributed by atoms with Gasteiger partial charge in [0.2, 0.25) is 0 Å². The highest BCUT2D eigenvalue weighted by Gasteiger charge is 2.17. The van der Waals surface area contributed by atoms with Gasteiger partial charge in [0.1, 0.15) is 5.76 Å². The maximum absolute atomic E-state index is 12.3.